The summed E-state index contributed by atoms with van der Waals surface area (Å²) in [7, 11) is 0. The Bertz CT molecular complexity index is 1590. The molecule has 5 aromatic rings. The van der Waals surface area contributed by atoms with Gasteiger partial charge in [-0.15, -0.1) is 4.91 Å². The highest BCUT2D eigenvalue weighted by Crippen LogP contribution is 2.43. The predicted molar refractivity (Wildman–Crippen MR) is 142 cm³/mol. The van der Waals surface area contributed by atoms with Crippen LogP contribution in [0.3, 0.4) is 0 Å². The highest BCUT2D eigenvalue weighted by atomic mass is 16.3. The predicted octanol–water partition coefficient (Wildman–Crippen LogP) is 6.49. The van der Waals surface area contributed by atoms with Crippen LogP contribution in [0.4, 0.5) is 11.4 Å². The van der Waals surface area contributed by atoms with Crippen molar-refractivity contribution in [3.63, 3.8) is 0 Å². The van der Waals surface area contributed by atoms with Gasteiger partial charge in [-0.1, -0.05) is 60.7 Å². The normalized spacial score (nSPS) is 13.6. The summed E-state index contributed by atoms with van der Waals surface area (Å²) in [4.78, 5) is 32.7. The third kappa shape index (κ3) is 3.54. The minimum atomic E-state index is -0.761. The minimum absolute atomic E-state index is 0.332. The number of H-pyrrole nitrogens is 1. The third-order valence-electron chi connectivity index (χ3n) is 6.82. The quantitative estimate of drug-likeness (QED) is 0.311. The first-order valence-corrected chi connectivity index (χ1v) is 11.7. The van der Waals surface area contributed by atoms with Crippen LogP contribution in [0.2, 0.25) is 0 Å². The van der Waals surface area contributed by atoms with Crippen molar-refractivity contribution >= 4 is 39.1 Å². The van der Waals surface area contributed by atoms with Crippen LogP contribution < -0.4 is 9.80 Å². The van der Waals surface area contributed by atoms with Gasteiger partial charge in [0.15, 0.2) is 0 Å². The van der Waals surface area contributed by atoms with E-state index in [1.807, 2.05) is 54.6 Å². The first-order chi connectivity index (χ1) is 17.1. The van der Waals surface area contributed by atoms with Crippen molar-refractivity contribution in [1.82, 2.24) is 4.98 Å². The van der Waals surface area contributed by atoms with Gasteiger partial charge in [0.05, 0.1) is 23.4 Å². The Hall–Kier alpha value is -4.45. The van der Waals surface area contributed by atoms with E-state index in [1.54, 1.807) is 0 Å². The van der Waals surface area contributed by atoms with Crippen LogP contribution in [0, 0.1) is 11.8 Å². The topological polar surface area (TPSA) is 68.8 Å². The molecule has 1 saturated heterocycles. The molecule has 6 rings (SSSR count). The van der Waals surface area contributed by atoms with Gasteiger partial charge in [-0.2, -0.15) is 0 Å². The number of amides is 1. The van der Waals surface area contributed by atoms with Crippen LogP contribution in [-0.4, -0.2) is 30.6 Å². The average Bonchev–Trinajstić information content (AvgIpc) is 3.53. The molecule has 2 heterocycles. The van der Waals surface area contributed by atoms with Crippen LogP contribution in [0.15, 0.2) is 90.1 Å². The van der Waals surface area contributed by atoms with Crippen molar-refractivity contribution < 1.29 is 4.79 Å². The van der Waals surface area contributed by atoms with E-state index in [0.29, 0.717) is 17.7 Å². The summed E-state index contributed by atoms with van der Waals surface area (Å²) in [6.07, 6.45) is 0. The number of aryl methyl sites for hydroxylation is 1. The molecule has 0 aliphatic carbocycles. The van der Waals surface area contributed by atoms with Gasteiger partial charge in [-0.05, 0) is 42.3 Å². The van der Waals surface area contributed by atoms with Gasteiger partial charge < -0.3 is 14.8 Å². The van der Waals surface area contributed by atoms with Gasteiger partial charge in [0.1, 0.15) is 0 Å². The number of hydrogen-bond acceptors (Lipinski definition) is 4. The summed E-state index contributed by atoms with van der Waals surface area (Å²) in [6, 6.07) is 28.5. The summed E-state index contributed by atoms with van der Waals surface area (Å²) in [5.41, 5.74) is 6.90. The van der Waals surface area contributed by atoms with Gasteiger partial charge >= 0.3 is 5.91 Å². The molecule has 0 atom stereocenters. The molecule has 4 aromatic carbocycles. The molecule has 0 spiro atoms. The maximum atomic E-state index is 13.1. The van der Waals surface area contributed by atoms with Crippen molar-refractivity contribution in [3.05, 3.63) is 101 Å². The molecule has 172 valence electrons. The first kappa shape index (κ1) is 21.1. The molecule has 1 aromatic heterocycles. The van der Waals surface area contributed by atoms with E-state index in [4.69, 9.17) is 0 Å². The number of anilines is 2. The monoisotopic (exact) mass is 460 g/mol. The molecular weight excluding hydrogens is 436 g/mol. The maximum Gasteiger partial charge on any atom is 0.321 e. The van der Waals surface area contributed by atoms with Crippen molar-refractivity contribution in [2.24, 2.45) is 5.18 Å². The molecule has 0 unspecified atom stereocenters. The lowest BCUT2D eigenvalue weighted by Gasteiger charge is -2.26. The molecule has 1 aliphatic rings. The van der Waals surface area contributed by atoms with Gasteiger partial charge in [0, 0.05) is 45.8 Å². The maximum absolute atomic E-state index is 13.1. The highest BCUT2D eigenvalue weighted by molar-refractivity contribution is 6.20. The smallest absolute Gasteiger partial charge is 0.321 e. The molecule has 1 amide bonds. The Morgan fingerprint density at radius 3 is 2.43 bits per heavy atom. The van der Waals surface area contributed by atoms with Crippen LogP contribution in [0.1, 0.15) is 15.9 Å². The molecule has 6 nitrogen and oxygen atoms in total. The lowest BCUT2D eigenvalue weighted by Crippen LogP contribution is -2.27. The van der Waals surface area contributed by atoms with E-state index in [-0.39, 0.29) is 0 Å². The van der Waals surface area contributed by atoms with Crippen LogP contribution in [0.5, 0.6) is 0 Å². The summed E-state index contributed by atoms with van der Waals surface area (Å²) in [5.74, 6) is -0.761. The standard InChI is InChI=1S/C29H24N4O2/c1-19-8-7-11-21(16-19)32-14-15-33(18-32)28-23(20-9-3-2-4-10-20)17-24-22-12-5-6-13-25(22)30-27(24)26(28)29(34)31-35/h2-13,16-17,30H,14-15,18H2,1H3. The molecule has 1 aliphatic heterocycles. The number of benzene rings is 4. The molecule has 6 heteroatoms. The number of para-hydroxylation sites is 1. The Kier molecular flexibility index (Phi) is 5.07. The van der Waals surface area contributed by atoms with Gasteiger partial charge in [-0.25, -0.2) is 0 Å². The largest absolute Gasteiger partial charge is 0.354 e. The number of aromatic nitrogens is 1. The molecule has 35 heavy (non-hydrogen) atoms. The zero-order valence-electron chi connectivity index (χ0n) is 19.4. The number of nitrogens with zero attached hydrogens (tertiary/aromatic N) is 3. The van der Waals surface area contributed by atoms with Crippen LogP contribution in [0.25, 0.3) is 32.9 Å². The molecule has 0 radical (unpaired) electrons. The number of aromatic amines is 1. The van der Waals surface area contributed by atoms with Gasteiger partial charge in [0.25, 0.3) is 0 Å². The lowest BCUT2D eigenvalue weighted by molar-refractivity contribution is 0.100. The fraction of sp³-hybridized carbons (Fsp3) is 0.138. The number of nitroso groups, excluding NO2 is 1. The average molecular weight is 461 g/mol. The Morgan fingerprint density at radius 2 is 1.63 bits per heavy atom. The van der Waals surface area contributed by atoms with Gasteiger partial charge in [0.2, 0.25) is 0 Å². The summed E-state index contributed by atoms with van der Waals surface area (Å²) >= 11 is 0. The van der Waals surface area contributed by atoms with Gasteiger partial charge in [-0.3, -0.25) is 4.79 Å². The Morgan fingerprint density at radius 1 is 0.857 bits per heavy atom. The second-order valence-electron chi connectivity index (χ2n) is 9.01. The van der Waals surface area contributed by atoms with E-state index in [0.717, 1.165) is 51.9 Å². The summed E-state index contributed by atoms with van der Waals surface area (Å²) in [5, 5.41) is 4.80. The zero-order chi connectivity index (χ0) is 23.9. The van der Waals surface area contributed by atoms with Crippen molar-refractivity contribution in [1.29, 1.82) is 0 Å². The number of fused-ring (bicyclic) bond motifs is 3. The number of rotatable bonds is 4. The fourth-order valence-electron chi connectivity index (χ4n) is 5.20. The number of carbonyl (C=O) groups excluding carboxylic acids is 1. The molecular formula is C29H24N4O2. The van der Waals surface area contributed by atoms with Crippen LogP contribution in [-0.2, 0) is 0 Å². The summed E-state index contributed by atoms with van der Waals surface area (Å²) in [6.45, 7) is 4.22. The van der Waals surface area contributed by atoms with E-state index >= 15 is 0 Å². The Labute approximate surface area is 202 Å². The highest BCUT2D eigenvalue weighted by Gasteiger charge is 2.30. The number of nitrogens with one attached hydrogen (secondary N) is 1. The van der Waals surface area contributed by atoms with Crippen molar-refractivity contribution in [2.75, 3.05) is 29.6 Å². The molecule has 0 bridgehead atoms. The minimum Gasteiger partial charge on any atom is -0.354 e. The molecule has 0 saturated carbocycles. The third-order valence-corrected chi connectivity index (χ3v) is 6.82. The second kappa shape index (κ2) is 8.40. The first-order valence-electron chi connectivity index (χ1n) is 11.7. The van der Waals surface area contributed by atoms with E-state index in [9.17, 15) is 9.70 Å². The number of carbonyl (C=O) groups is 1. The van der Waals surface area contributed by atoms with E-state index in [1.165, 1.54) is 5.56 Å². The molecule has 1 N–H and O–H groups in total. The van der Waals surface area contributed by atoms with Crippen molar-refractivity contribution in [2.45, 2.75) is 6.92 Å². The summed E-state index contributed by atoms with van der Waals surface area (Å²) < 4.78 is 0. The molecule has 1 fully saturated rings. The lowest BCUT2D eigenvalue weighted by atomic mass is 9.95. The fourth-order valence-corrected chi connectivity index (χ4v) is 5.20. The second-order valence-corrected chi connectivity index (χ2v) is 9.01. The zero-order valence-corrected chi connectivity index (χ0v) is 19.4. The van der Waals surface area contributed by atoms with E-state index < -0.39 is 5.91 Å². The van der Waals surface area contributed by atoms with Crippen LogP contribution >= 0.6 is 0 Å². The SMILES string of the molecule is Cc1cccc(N2CCN(c3c(-c4ccccc4)cc4c([nH]c5ccccc54)c3C(=O)N=O)C2)c1. The Balaban J connectivity index is 1.60. The van der Waals surface area contributed by atoms with E-state index in [2.05, 4.69) is 57.2 Å². The van der Waals surface area contributed by atoms with Crippen molar-refractivity contribution in [3.8, 4) is 11.1 Å². The number of hydrogen-bond donors (Lipinski definition) is 1.